The molecule has 0 amide bonds. The van der Waals surface area contributed by atoms with Crippen LogP contribution in [-0.4, -0.2) is 14.6 Å². The lowest BCUT2D eigenvalue weighted by Crippen LogP contribution is -2.28. The number of hydrazine groups is 1. The van der Waals surface area contributed by atoms with Crippen LogP contribution in [-0.2, 0) is 0 Å². The fourth-order valence-corrected chi connectivity index (χ4v) is 3.61. The summed E-state index contributed by atoms with van der Waals surface area (Å²) in [6.07, 6.45) is 7.20. The maximum atomic E-state index is 5.84. The summed E-state index contributed by atoms with van der Waals surface area (Å²) in [6, 6.07) is 8.27. The summed E-state index contributed by atoms with van der Waals surface area (Å²) < 4.78 is 3.05. The van der Waals surface area contributed by atoms with Crippen molar-refractivity contribution in [2.24, 2.45) is 5.84 Å². The van der Waals surface area contributed by atoms with Gasteiger partial charge in [-0.25, -0.2) is 9.94 Å². The molecule has 0 fully saturated rings. The summed E-state index contributed by atoms with van der Waals surface area (Å²) in [5.41, 5.74) is 6.05. The summed E-state index contributed by atoms with van der Waals surface area (Å²) in [5, 5.41) is 7.69. The molecule has 0 saturated carbocycles. The maximum Gasteiger partial charge on any atom is 0.0896 e. The molecule has 1 unspecified atom stereocenters. The Bertz CT molecular complexity index is 910. The zero-order valence-corrected chi connectivity index (χ0v) is 11.9. The van der Waals surface area contributed by atoms with E-state index >= 15 is 0 Å². The Kier molecular flexibility index (Phi) is 2.92. The van der Waals surface area contributed by atoms with E-state index < -0.39 is 0 Å². The van der Waals surface area contributed by atoms with Crippen molar-refractivity contribution in [2.75, 3.05) is 0 Å². The van der Waals surface area contributed by atoms with Gasteiger partial charge in [-0.3, -0.25) is 10.8 Å². The molecular weight excluding hydrogens is 282 g/mol. The second kappa shape index (κ2) is 4.92. The van der Waals surface area contributed by atoms with Gasteiger partial charge in [-0.1, -0.05) is 18.2 Å². The van der Waals surface area contributed by atoms with Crippen molar-refractivity contribution in [3.63, 3.8) is 0 Å². The molecule has 3 heterocycles. The lowest BCUT2D eigenvalue weighted by atomic mass is 10.00. The average Bonchev–Trinajstić information content (AvgIpc) is 3.15. The van der Waals surface area contributed by atoms with Crippen LogP contribution in [0.4, 0.5) is 0 Å². The molecule has 0 radical (unpaired) electrons. The first-order valence-corrected chi connectivity index (χ1v) is 7.46. The number of hydrogen-bond acceptors (Lipinski definition) is 5. The van der Waals surface area contributed by atoms with Crippen LogP contribution in [0, 0.1) is 0 Å². The summed E-state index contributed by atoms with van der Waals surface area (Å²) in [6.45, 7) is 0. The molecule has 0 aliphatic heterocycles. The second-order valence-electron chi connectivity index (χ2n) is 4.79. The molecule has 1 atom stereocenters. The lowest BCUT2D eigenvalue weighted by Gasteiger charge is -2.16. The summed E-state index contributed by atoms with van der Waals surface area (Å²) >= 11 is 1.72. The highest BCUT2D eigenvalue weighted by Crippen LogP contribution is 2.33. The van der Waals surface area contributed by atoms with Crippen LogP contribution in [0.5, 0.6) is 0 Å². The molecule has 5 nitrogen and oxygen atoms in total. The molecule has 1 aromatic carbocycles. The van der Waals surface area contributed by atoms with Gasteiger partial charge in [-0.15, -0.1) is 11.3 Å². The molecule has 4 rings (SSSR count). The largest absolute Gasteiger partial charge is 0.271 e. The number of nitrogens with zero attached hydrogens (tertiary/aromatic N) is 3. The van der Waals surface area contributed by atoms with E-state index in [1.165, 1.54) is 10.1 Å². The minimum atomic E-state index is -0.117. The quantitative estimate of drug-likeness (QED) is 0.450. The van der Waals surface area contributed by atoms with Gasteiger partial charge in [-0.05, 0) is 22.4 Å². The van der Waals surface area contributed by atoms with Gasteiger partial charge in [0.1, 0.15) is 0 Å². The zero-order valence-electron chi connectivity index (χ0n) is 11.1. The molecule has 0 saturated heterocycles. The van der Waals surface area contributed by atoms with E-state index in [0.717, 1.165) is 16.6 Å². The number of benzene rings is 1. The Morgan fingerprint density at radius 1 is 1.19 bits per heavy atom. The van der Waals surface area contributed by atoms with Crippen LogP contribution in [0.15, 0.2) is 54.4 Å². The summed E-state index contributed by atoms with van der Waals surface area (Å²) in [4.78, 5) is 4.18. The molecule has 104 valence electrons. The Morgan fingerprint density at radius 2 is 2.14 bits per heavy atom. The standard InChI is InChI=1S/C15H13N5S/c16-19-14(11-3-1-2-10-4-7-21-15(10)11)12-8-18-20-6-5-17-9-13(12)20/h1-9,14,19H,16H2. The van der Waals surface area contributed by atoms with E-state index in [-0.39, 0.29) is 6.04 Å². The van der Waals surface area contributed by atoms with Gasteiger partial charge in [-0.2, -0.15) is 5.10 Å². The van der Waals surface area contributed by atoms with E-state index in [1.807, 2.05) is 12.4 Å². The van der Waals surface area contributed by atoms with Crippen LogP contribution < -0.4 is 11.3 Å². The van der Waals surface area contributed by atoms with Crippen LogP contribution in [0.25, 0.3) is 15.6 Å². The van der Waals surface area contributed by atoms with E-state index in [9.17, 15) is 0 Å². The minimum absolute atomic E-state index is 0.117. The van der Waals surface area contributed by atoms with Gasteiger partial charge < -0.3 is 0 Å². The number of hydrogen-bond donors (Lipinski definition) is 2. The number of rotatable bonds is 3. The molecule has 3 N–H and O–H groups in total. The maximum absolute atomic E-state index is 5.84. The zero-order chi connectivity index (χ0) is 14.2. The van der Waals surface area contributed by atoms with Gasteiger partial charge in [0.15, 0.2) is 0 Å². The predicted molar refractivity (Wildman–Crippen MR) is 84.0 cm³/mol. The molecule has 3 aromatic heterocycles. The smallest absolute Gasteiger partial charge is 0.0896 e. The normalized spacial score (nSPS) is 13.0. The van der Waals surface area contributed by atoms with Crippen molar-refractivity contribution in [3.05, 3.63) is 65.6 Å². The monoisotopic (exact) mass is 295 g/mol. The first kappa shape index (κ1) is 12.5. The number of thiophene rings is 1. The minimum Gasteiger partial charge on any atom is -0.271 e. The van der Waals surface area contributed by atoms with Crippen LogP contribution in [0.1, 0.15) is 17.2 Å². The van der Waals surface area contributed by atoms with Crippen molar-refractivity contribution in [3.8, 4) is 0 Å². The molecule has 4 aromatic rings. The fraction of sp³-hybridized carbons (Fsp3) is 0.0667. The van der Waals surface area contributed by atoms with Crippen LogP contribution in [0.2, 0.25) is 0 Å². The third kappa shape index (κ3) is 1.92. The number of fused-ring (bicyclic) bond motifs is 2. The van der Waals surface area contributed by atoms with Gasteiger partial charge in [0.2, 0.25) is 0 Å². The van der Waals surface area contributed by atoms with Crippen LogP contribution in [0.3, 0.4) is 0 Å². The lowest BCUT2D eigenvalue weighted by molar-refractivity contribution is 0.645. The third-order valence-corrected chi connectivity index (χ3v) is 4.63. The average molecular weight is 295 g/mol. The molecule has 0 spiro atoms. The Hall–Kier alpha value is -2.28. The number of nitrogens with two attached hydrogens (primary N) is 1. The molecule has 0 aliphatic rings. The van der Waals surface area contributed by atoms with Crippen molar-refractivity contribution in [2.45, 2.75) is 6.04 Å². The highest BCUT2D eigenvalue weighted by Gasteiger charge is 2.19. The first-order chi connectivity index (χ1) is 10.4. The molecular formula is C15H13N5S. The summed E-state index contributed by atoms with van der Waals surface area (Å²) in [7, 11) is 0. The van der Waals surface area contributed by atoms with Crippen molar-refractivity contribution in [1.29, 1.82) is 0 Å². The van der Waals surface area contributed by atoms with Gasteiger partial charge in [0.25, 0.3) is 0 Å². The Labute approximate surface area is 125 Å². The Balaban J connectivity index is 1.94. The molecule has 0 aliphatic carbocycles. The fourth-order valence-electron chi connectivity index (χ4n) is 2.67. The predicted octanol–water partition coefficient (Wildman–Crippen LogP) is 2.50. The van der Waals surface area contributed by atoms with Gasteiger partial charge in [0, 0.05) is 22.7 Å². The SMILES string of the molecule is NNC(c1cccc2ccsc12)c1cnn2ccncc12. The molecule has 0 bridgehead atoms. The van der Waals surface area contributed by atoms with Crippen LogP contribution >= 0.6 is 11.3 Å². The first-order valence-electron chi connectivity index (χ1n) is 6.58. The molecule has 21 heavy (non-hydrogen) atoms. The molecule has 6 heteroatoms. The van der Waals surface area contributed by atoms with Crippen molar-refractivity contribution in [1.82, 2.24) is 20.0 Å². The van der Waals surface area contributed by atoms with Crippen molar-refractivity contribution < 1.29 is 0 Å². The number of nitrogens with one attached hydrogen (secondary N) is 1. The van der Waals surface area contributed by atoms with Gasteiger partial charge >= 0.3 is 0 Å². The van der Waals surface area contributed by atoms with Crippen molar-refractivity contribution >= 4 is 26.9 Å². The van der Waals surface area contributed by atoms with E-state index in [2.05, 4.69) is 45.2 Å². The van der Waals surface area contributed by atoms with E-state index in [4.69, 9.17) is 5.84 Å². The summed E-state index contributed by atoms with van der Waals surface area (Å²) in [5.74, 6) is 5.84. The van der Waals surface area contributed by atoms with E-state index in [1.54, 1.807) is 28.2 Å². The second-order valence-corrected chi connectivity index (χ2v) is 5.71. The van der Waals surface area contributed by atoms with E-state index in [0.29, 0.717) is 0 Å². The highest BCUT2D eigenvalue weighted by atomic mass is 32.1. The highest BCUT2D eigenvalue weighted by molar-refractivity contribution is 7.17. The third-order valence-electron chi connectivity index (χ3n) is 3.65. The topological polar surface area (TPSA) is 68.2 Å². The van der Waals surface area contributed by atoms with Gasteiger partial charge in [0.05, 0.1) is 24.0 Å². The number of aromatic nitrogens is 3. The Morgan fingerprint density at radius 3 is 3.05 bits per heavy atom.